The van der Waals surface area contributed by atoms with E-state index < -0.39 is 0 Å². The lowest BCUT2D eigenvalue weighted by Crippen LogP contribution is -2.32. The van der Waals surface area contributed by atoms with Crippen molar-refractivity contribution >= 4 is 5.91 Å². The van der Waals surface area contributed by atoms with Crippen LogP contribution in [0.2, 0.25) is 0 Å². The Morgan fingerprint density at radius 3 is 2.54 bits per heavy atom. The first-order valence-electron chi connectivity index (χ1n) is 5.15. The molecule has 0 aromatic heterocycles. The van der Waals surface area contributed by atoms with Crippen LogP contribution in [0.1, 0.15) is 32.6 Å². The summed E-state index contributed by atoms with van der Waals surface area (Å²) in [4.78, 5) is 11.6. The van der Waals surface area contributed by atoms with Gasteiger partial charge in [-0.05, 0) is 31.6 Å². The van der Waals surface area contributed by atoms with E-state index in [1.54, 1.807) is 0 Å². The predicted octanol–water partition coefficient (Wildman–Crippen LogP) is 0.672. The predicted molar refractivity (Wildman–Crippen MR) is 49.1 cm³/mol. The number of carbonyl (C=O) groups excluding carboxylic acids is 1. The Morgan fingerprint density at radius 1 is 1.38 bits per heavy atom. The number of carbonyl (C=O) groups is 1. The SMILES string of the molecule is CC1CC1NC(=O)C1CCC(O)C1. The molecule has 2 rings (SSSR count). The first-order chi connectivity index (χ1) is 6.16. The number of amides is 1. The van der Waals surface area contributed by atoms with E-state index in [2.05, 4.69) is 12.2 Å². The number of aliphatic hydroxyl groups excluding tert-OH is 1. The highest BCUT2D eigenvalue weighted by molar-refractivity contribution is 5.79. The van der Waals surface area contributed by atoms with Gasteiger partial charge in [0.1, 0.15) is 0 Å². The summed E-state index contributed by atoms with van der Waals surface area (Å²) in [6, 6.07) is 0.422. The van der Waals surface area contributed by atoms with Crippen LogP contribution in [0.25, 0.3) is 0 Å². The van der Waals surface area contributed by atoms with Crippen molar-refractivity contribution in [3.05, 3.63) is 0 Å². The zero-order valence-electron chi connectivity index (χ0n) is 7.99. The van der Waals surface area contributed by atoms with Crippen LogP contribution in [0.3, 0.4) is 0 Å². The molecule has 2 saturated carbocycles. The summed E-state index contributed by atoms with van der Waals surface area (Å²) in [6.45, 7) is 2.15. The van der Waals surface area contributed by atoms with Gasteiger partial charge < -0.3 is 10.4 Å². The molecule has 4 unspecified atom stereocenters. The Kier molecular flexibility index (Phi) is 2.28. The van der Waals surface area contributed by atoms with Gasteiger partial charge in [-0.15, -0.1) is 0 Å². The third-order valence-corrected chi connectivity index (χ3v) is 3.21. The average Bonchev–Trinajstić information content (AvgIpc) is 2.62. The molecule has 0 aromatic carbocycles. The van der Waals surface area contributed by atoms with Crippen LogP contribution in [0.5, 0.6) is 0 Å². The Morgan fingerprint density at radius 2 is 2.08 bits per heavy atom. The molecular formula is C10H17NO2. The lowest BCUT2D eigenvalue weighted by atomic mass is 10.1. The molecule has 0 spiro atoms. The third kappa shape index (κ3) is 2.02. The number of hydrogen-bond donors (Lipinski definition) is 2. The first-order valence-corrected chi connectivity index (χ1v) is 5.15. The average molecular weight is 183 g/mol. The molecule has 74 valence electrons. The number of rotatable bonds is 2. The molecule has 0 bridgehead atoms. The van der Waals surface area contributed by atoms with E-state index in [0.29, 0.717) is 18.4 Å². The molecule has 4 atom stereocenters. The van der Waals surface area contributed by atoms with Crippen LogP contribution >= 0.6 is 0 Å². The van der Waals surface area contributed by atoms with Gasteiger partial charge in [0.25, 0.3) is 0 Å². The second-order valence-corrected chi connectivity index (χ2v) is 4.49. The van der Waals surface area contributed by atoms with Gasteiger partial charge in [0.2, 0.25) is 5.91 Å². The molecule has 1 amide bonds. The molecule has 2 fully saturated rings. The molecule has 2 aliphatic carbocycles. The van der Waals surface area contributed by atoms with Crippen molar-refractivity contribution in [1.82, 2.24) is 5.32 Å². The minimum atomic E-state index is -0.243. The quantitative estimate of drug-likeness (QED) is 0.661. The molecule has 13 heavy (non-hydrogen) atoms. The molecule has 0 saturated heterocycles. The molecule has 0 aliphatic heterocycles. The van der Waals surface area contributed by atoms with Crippen LogP contribution < -0.4 is 5.32 Å². The van der Waals surface area contributed by atoms with Crippen molar-refractivity contribution in [3.63, 3.8) is 0 Å². The summed E-state index contributed by atoms with van der Waals surface area (Å²) in [5, 5.41) is 12.3. The van der Waals surface area contributed by atoms with E-state index >= 15 is 0 Å². The van der Waals surface area contributed by atoms with E-state index in [9.17, 15) is 9.90 Å². The molecular weight excluding hydrogens is 166 g/mol. The van der Waals surface area contributed by atoms with E-state index in [1.165, 1.54) is 0 Å². The van der Waals surface area contributed by atoms with Crippen molar-refractivity contribution in [2.24, 2.45) is 11.8 Å². The van der Waals surface area contributed by atoms with Crippen LogP contribution in [0.4, 0.5) is 0 Å². The third-order valence-electron chi connectivity index (χ3n) is 3.21. The first kappa shape index (κ1) is 9.00. The molecule has 0 heterocycles. The van der Waals surface area contributed by atoms with Crippen molar-refractivity contribution in [3.8, 4) is 0 Å². The topological polar surface area (TPSA) is 49.3 Å². The van der Waals surface area contributed by atoms with E-state index in [0.717, 1.165) is 19.3 Å². The van der Waals surface area contributed by atoms with E-state index in [-0.39, 0.29) is 17.9 Å². The lowest BCUT2D eigenvalue weighted by molar-refractivity contribution is -0.125. The highest BCUT2D eigenvalue weighted by Crippen LogP contribution is 2.31. The second-order valence-electron chi connectivity index (χ2n) is 4.49. The molecule has 2 aliphatic rings. The molecule has 0 aromatic rings. The van der Waals surface area contributed by atoms with Gasteiger partial charge in [-0.25, -0.2) is 0 Å². The largest absolute Gasteiger partial charge is 0.393 e. The van der Waals surface area contributed by atoms with Gasteiger partial charge in [0.05, 0.1) is 6.10 Å². The Hall–Kier alpha value is -0.570. The molecule has 3 heteroatoms. The normalized spacial score (nSPS) is 43.2. The monoisotopic (exact) mass is 183 g/mol. The fourth-order valence-corrected chi connectivity index (χ4v) is 2.02. The van der Waals surface area contributed by atoms with Crippen molar-refractivity contribution in [2.75, 3.05) is 0 Å². The highest BCUT2D eigenvalue weighted by atomic mass is 16.3. The lowest BCUT2D eigenvalue weighted by Gasteiger charge is -2.09. The molecule has 2 N–H and O–H groups in total. The smallest absolute Gasteiger partial charge is 0.223 e. The van der Waals surface area contributed by atoms with Crippen LogP contribution in [0.15, 0.2) is 0 Å². The summed E-state index contributed by atoms with van der Waals surface area (Å²) in [7, 11) is 0. The fourth-order valence-electron chi connectivity index (χ4n) is 2.02. The maximum absolute atomic E-state index is 11.6. The number of nitrogens with one attached hydrogen (secondary N) is 1. The maximum Gasteiger partial charge on any atom is 0.223 e. The van der Waals surface area contributed by atoms with Crippen LogP contribution in [0, 0.1) is 11.8 Å². The summed E-state index contributed by atoms with van der Waals surface area (Å²) in [5.41, 5.74) is 0. The van der Waals surface area contributed by atoms with Crippen LogP contribution in [-0.4, -0.2) is 23.2 Å². The maximum atomic E-state index is 11.6. The summed E-state index contributed by atoms with van der Waals surface area (Å²) >= 11 is 0. The van der Waals surface area contributed by atoms with Gasteiger partial charge >= 0.3 is 0 Å². The minimum Gasteiger partial charge on any atom is -0.393 e. The minimum absolute atomic E-state index is 0.0720. The Bertz CT molecular complexity index is 217. The number of hydrogen-bond acceptors (Lipinski definition) is 2. The van der Waals surface area contributed by atoms with Gasteiger partial charge in [-0.3, -0.25) is 4.79 Å². The van der Waals surface area contributed by atoms with Gasteiger partial charge in [0.15, 0.2) is 0 Å². The van der Waals surface area contributed by atoms with E-state index in [1.807, 2.05) is 0 Å². The second kappa shape index (κ2) is 3.29. The standard InChI is InChI=1S/C10H17NO2/c1-6-4-9(6)11-10(13)7-2-3-8(12)5-7/h6-9,12H,2-5H2,1H3,(H,11,13). The van der Waals surface area contributed by atoms with Crippen molar-refractivity contribution in [1.29, 1.82) is 0 Å². The van der Waals surface area contributed by atoms with Crippen LogP contribution in [-0.2, 0) is 4.79 Å². The van der Waals surface area contributed by atoms with Gasteiger partial charge in [-0.2, -0.15) is 0 Å². The zero-order valence-corrected chi connectivity index (χ0v) is 7.99. The highest BCUT2D eigenvalue weighted by Gasteiger charge is 2.37. The summed E-state index contributed by atoms with van der Waals surface area (Å²) in [5.74, 6) is 0.893. The van der Waals surface area contributed by atoms with E-state index in [4.69, 9.17) is 0 Å². The summed E-state index contributed by atoms with van der Waals surface area (Å²) < 4.78 is 0. The fraction of sp³-hybridized carbons (Fsp3) is 0.900. The Labute approximate surface area is 78.5 Å². The van der Waals surface area contributed by atoms with Crippen molar-refractivity contribution < 1.29 is 9.90 Å². The number of aliphatic hydroxyl groups is 1. The summed E-state index contributed by atoms with van der Waals surface area (Å²) in [6.07, 6.45) is 3.19. The van der Waals surface area contributed by atoms with Crippen molar-refractivity contribution in [2.45, 2.75) is 44.8 Å². The Balaban J connectivity index is 1.77. The molecule has 3 nitrogen and oxygen atoms in total. The zero-order chi connectivity index (χ0) is 9.42. The van der Waals surface area contributed by atoms with Gasteiger partial charge in [0, 0.05) is 12.0 Å². The van der Waals surface area contributed by atoms with Gasteiger partial charge in [-0.1, -0.05) is 6.92 Å². The molecule has 0 radical (unpaired) electrons.